The van der Waals surface area contributed by atoms with Crippen LogP contribution in [0.25, 0.3) is 0 Å². The van der Waals surface area contributed by atoms with Crippen molar-refractivity contribution in [2.45, 2.75) is 58.3 Å². The van der Waals surface area contributed by atoms with Gasteiger partial charge in [-0.05, 0) is 27.7 Å². The van der Waals surface area contributed by atoms with Gasteiger partial charge in [0.15, 0.2) is 0 Å². The largest absolute Gasteiger partial charge is 0.392 e. The Morgan fingerprint density at radius 1 is 0.667 bits per heavy atom. The lowest BCUT2D eigenvalue weighted by Crippen LogP contribution is -2.58. The summed E-state index contributed by atoms with van der Waals surface area (Å²) in [5, 5.41) is 38.6. The van der Waals surface area contributed by atoms with Crippen LogP contribution in [0.15, 0.2) is 0 Å². The molecule has 0 aliphatic carbocycles. The minimum absolute atomic E-state index is 0.265. The van der Waals surface area contributed by atoms with Crippen molar-refractivity contribution in [1.82, 2.24) is 9.80 Å². The van der Waals surface area contributed by atoms with Gasteiger partial charge in [-0.2, -0.15) is 0 Å². The predicted molar refractivity (Wildman–Crippen MR) is 82.7 cm³/mol. The summed E-state index contributed by atoms with van der Waals surface area (Å²) in [5.74, 6) is 0. The summed E-state index contributed by atoms with van der Waals surface area (Å²) >= 11 is 0. The molecule has 21 heavy (non-hydrogen) atoms. The molecule has 0 aliphatic rings. The number of nitrogens with two attached hydrogens (primary N) is 1. The Balaban J connectivity index is 5.09. The number of rotatable bonds is 11. The minimum Gasteiger partial charge on any atom is -0.392 e. The Morgan fingerprint density at radius 3 is 1.05 bits per heavy atom. The van der Waals surface area contributed by atoms with E-state index in [-0.39, 0.29) is 12.7 Å². The average molecular weight is 307 g/mol. The van der Waals surface area contributed by atoms with Crippen molar-refractivity contribution in [3.63, 3.8) is 0 Å². The Hall–Kier alpha value is -0.280. The van der Waals surface area contributed by atoms with Gasteiger partial charge in [0, 0.05) is 32.7 Å². The minimum atomic E-state index is -0.558. The summed E-state index contributed by atoms with van der Waals surface area (Å²) in [4.78, 5) is 3.78. The predicted octanol–water partition coefficient (Wildman–Crippen LogP) is -1.60. The Labute approximate surface area is 128 Å². The molecule has 128 valence electrons. The van der Waals surface area contributed by atoms with E-state index in [9.17, 15) is 20.4 Å². The Kier molecular flexibility index (Phi) is 10.3. The molecule has 0 aromatic rings. The van der Waals surface area contributed by atoms with E-state index in [2.05, 4.69) is 0 Å². The van der Waals surface area contributed by atoms with Crippen LogP contribution in [0, 0.1) is 0 Å². The molecule has 4 unspecified atom stereocenters. The van der Waals surface area contributed by atoms with Gasteiger partial charge in [0.2, 0.25) is 0 Å². The van der Waals surface area contributed by atoms with E-state index in [1.165, 1.54) is 0 Å². The van der Waals surface area contributed by atoms with E-state index in [1.807, 2.05) is 9.80 Å². The van der Waals surface area contributed by atoms with E-state index < -0.39 is 24.4 Å². The highest BCUT2D eigenvalue weighted by atomic mass is 16.3. The van der Waals surface area contributed by atoms with E-state index in [4.69, 9.17) is 5.73 Å². The first-order valence-corrected chi connectivity index (χ1v) is 7.57. The summed E-state index contributed by atoms with van der Waals surface area (Å²) in [7, 11) is 0. The molecule has 4 atom stereocenters. The Bertz CT molecular complexity index is 219. The molecule has 7 nitrogen and oxygen atoms in total. The maximum atomic E-state index is 9.64. The molecule has 7 heteroatoms. The number of aliphatic hydroxyl groups is 4. The fourth-order valence-corrected chi connectivity index (χ4v) is 2.52. The topological polar surface area (TPSA) is 113 Å². The molecular formula is C14H33N3O4. The van der Waals surface area contributed by atoms with Crippen LogP contribution in [0.2, 0.25) is 0 Å². The van der Waals surface area contributed by atoms with Gasteiger partial charge in [-0.1, -0.05) is 0 Å². The fourth-order valence-electron chi connectivity index (χ4n) is 2.52. The van der Waals surface area contributed by atoms with Gasteiger partial charge in [0.25, 0.3) is 0 Å². The van der Waals surface area contributed by atoms with Gasteiger partial charge in [-0.15, -0.1) is 0 Å². The van der Waals surface area contributed by atoms with Crippen molar-refractivity contribution >= 4 is 0 Å². The normalized spacial score (nSPS) is 19.6. The SMILES string of the molecule is CC(O)CN(CC(C)O)C(CN)N(CC(C)O)CC(C)O. The van der Waals surface area contributed by atoms with Crippen LogP contribution < -0.4 is 5.73 Å². The highest BCUT2D eigenvalue weighted by Crippen LogP contribution is 2.10. The number of hydrogen-bond donors (Lipinski definition) is 5. The molecule has 6 N–H and O–H groups in total. The van der Waals surface area contributed by atoms with Crippen LogP contribution >= 0.6 is 0 Å². The monoisotopic (exact) mass is 307 g/mol. The van der Waals surface area contributed by atoms with Crippen LogP contribution in [-0.2, 0) is 0 Å². The van der Waals surface area contributed by atoms with E-state index >= 15 is 0 Å². The maximum Gasteiger partial charge on any atom is 0.0752 e. The summed E-state index contributed by atoms with van der Waals surface area (Å²) < 4.78 is 0. The van der Waals surface area contributed by atoms with Crippen molar-refractivity contribution in [3.8, 4) is 0 Å². The molecule has 0 saturated heterocycles. The molecule has 0 bridgehead atoms. The summed E-state index contributed by atoms with van der Waals surface area (Å²) in [6, 6.07) is 0. The van der Waals surface area contributed by atoms with Crippen molar-refractivity contribution < 1.29 is 20.4 Å². The molecule has 0 radical (unpaired) electrons. The van der Waals surface area contributed by atoms with Gasteiger partial charge in [-0.25, -0.2) is 0 Å². The lowest BCUT2D eigenvalue weighted by molar-refractivity contribution is -0.0337. The molecule has 0 saturated carbocycles. The van der Waals surface area contributed by atoms with Gasteiger partial charge >= 0.3 is 0 Å². The first-order chi connectivity index (χ1) is 9.67. The molecule has 0 aromatic heterocycles. The molecule has 0 aliphatic heterocycles. The summed E-state index contributed by atoms with van der Waals surface area (Å²) in [5.41, 5.74) is 5.87. The fraction of sp³-hybridized carbons (Fsp3) is 1.00. The van der Waals surface area contributed by atoms with Crippen molar-refractivity contribution in [2.24, 2.45) is 5.73 Å². The lowest BCUT2D eigenvalue weighted by Gasteiger charge is -2.41. The van der Waals surface area contributed by atoms with E-state index in [1.54, 1.807) is 27.7 Å². The molecule has 0 spiro atoms. The third kappa shape index (κ3) is 9.36. The smallest absolute Gasteiger partial charge is 0.0752 e. The first kappa shape index (κ1) is 20.7. The zero-order valence-corrected chi connectivity index (χ0v) is 13.7. The number of aliphatic hydroxyl groups excluding tert-OH is 4. The Morgan fingerprint density at radius 2 is 0.905 bits per heavy atom. The number of nitrogens with zero attached hydrogens (tertiary/aromatic N) is 2. The van der Waals surface area contributed by atoms with Crippen LogP contribution in [0.3, 0.4) is 0 Å². The zero-order chi connectivity index (χ0) is 16.6. The molecule has 0 rings (SSSR count). The van der Waals surface area contributed by atoms with Crippen LogP contribution in [0.1, 0.15) is 27.7 Å². The lowest BCUT2D eigenvalue weighted by atomic mass is 10.2. The second kappa shape index (κ2) is 10.4. The summed E-state index contributed by atoms with van der Waals surface area (Å²) in [6.07, 6.45) is -2.50. The zero-order valence-electron chi connectivity index (χ0n) is 13.7. The first-order valence-electron chi connectivity index (χ1n) is 7.57. The molecule has 0 fully saturated rings. The van der Waals surface area contributed by atoms with E-state index in [0.29, 0.717) is 26.2 Å². The van der Waals surface area contributed by atoms with Crippen LogP contribution in [0.4, 0.5) is 0 Å². The van der Waals surface area contributed by atoms with Crippen molar-refractivity contribution in [2.75, 3.05) is 32.7 Å². The number of hydrogen-bond acceptors (Lipinski definition) is 7. The second-order valence-electron chi connectivity index (χ2n) is 6.02. The van der Waals surface area contributed by atoms with Crippen molar-refractivity contribution in [1.29, 1.82) is 0 Å². The maximum absolute atomic E-state index is 9.64. The molecule has 0 aromatic carbocycles. The van der Waals surface area contributed by atoms with Crippen LogP contribution in [-0.4, -0.2) is 93.5 Å². The van der Waals surface area contributed by atoms with Gasteiger partial charge in [-0.3, -0.25) is 9.80 Å². The standard InChI is InChI=1S/C14H33N3O4/c1-10(18)6-16(7-11(2)19)14(5-15)17(8-12(3)20)9-13(4)21/h10-14,18-21H,5-9,15H2,1-4H3. The van der Waals surface area contributed by atoms with Gasteiger partial charge < -0.3 is 26.2 Å². The molecular weight excluding hydrogens is 274 g/mol. The molecule has 0 heterocycles. The molecule has 0 amide bonds. The highest BCUT2D eigenvalue weighted by molar-refractivity contribution is 4.79. The summed E-state index contributed by atoms with van der Waals surface area (Å²) in [6.45, 7) is 8.44. The third-order valence-electron chi connectivity index (χ3n) is 3.05. The van der Waals surface area contributed by atoms with Gasteiger partial charge in [0.05, 0.1) is 30.6 Å². The average Bonchev–Trinajstić information content (AvgIpc) is 2.25. The highest BCUT2D eigenvalue weighted by Gasteiger charge is 2.27. The second-order valence-corrected chi connectivity index (χ2v) is 6.02. The van der Waals surface area contributed by atoms with Crippen molar-refractivity contribution in [3.05, 3.63) is 0 Å². The van der Waals surface area contributed by atoms with Crippen LogP contribution in [0.5, 0.6) is 0 Å². The van der Waals surface area contributed by atoms with Gasteiger partial charge in [0.1, 0.15) is 0 Å². The third-order valence-corrected chi connectivity index (χ3v) is 3.05. The van der Waals surface area contributed by atoms with E-state index in [0.717, 1.165) is 0 Å². The quantitative estimate of drug-likeness (QED) is 0.292.